The summed E-state index contributed by atoms with van der Waals surface area (Å²) in [6, 6.07) is 5.46. The van der Waals surface area contributed by atoms with E-state index in [0.717, 1.165) is 5.56 Å². The first-order valence-electron chi connectivity index (χ1n) is 5.93. The molecule has 1 aromatic carbocycles. The Labute approximate surface area is 118 Å². The molecule has 2 nitrogen and oxygen atoms in total. The average molecular weight is 289 g/mol. The van der Waals surface area contributed by atoms with Gasteiger partial charge in [0, 0.05) is 13.2 Å². The maximum absolute atomic E-state index is 5.96. The quantitative estimate of drug-likeness (QED) is 0.701. The summed E-state index contributed by atoms with van der Waals surface area (Å²) in [5, 5.41) is 1.08. The lowest BCUT2D eigenvalue weighted by Gasteiger charge is -2.25. The Morgan fingerprint density at radius 3 is 2.22 bits per heavy atom. The van der Waals surface area contributed by atoms with E-state index < -0.39 is 5.79 Å². The summed E-state index contributed by atoms with van der Waals surface area (Å²) >= 11 is 11.8. The van der Waals surface area contributed by atoms with Crippen molar-refractivity contribution in [2.24, 2.45) is 0 Å². The zero-order valence-electron chi connectivity index (χ0n) is 10.9. The highest BCUT2D eigenvalue weighted by Gasteiger charge is 2.20. The Kier molecular flexibility index (Phi) is 6.16. The van der Waals surface area contributed by atoms with Crippen LogP contribution in [0.2, 0.25) is 10.0 Å². The molecule has 0 aliphatic rings. The number of ether oxygens (including phenoxy) is 2. The highest BCUT2D eigenvalue weighted by Crippen LogP contribution is 2.24. The van der Waals surface area contributed by atoms with Crippen molar-refractivity contribution in [2.45, 2.75) is 26.6 Å². The van der Waals surface area contributed by atoms with Crippen molar-refractivity contribution in [1.29, 1.82) is 0 Å². The Morgan fingerprint density at radius 2 is 1.72 bits per heavy atom. The molecular weight excluding hydrogens is 271 g/mol. The molecule has 0 aromatic heterocycles. The fourth-order valence-corrected chi connectivity index (χ4v) is 1.88. The van der Waals surface area contributed by atoms with E-state index in [4.69, 9.17) is 32.7 Å². The van der Waals surface area contributed by atoms with Crippen molar-refractivity contribution in [2.75, 3.05) is 13.2 Å². The smallest absolute Gasteiger partial charge is 0.185 e. The minimum absolute atomic E-state index is 0.535. The van der Waals surface area contributed by atoms with Crippen LogP contribution < -0.4 is 0 Å². The van der Waals surface area contributed by atoms with Crippen LogP contribution in [0.1, 0.15) is 26.3 Å². The molecule has 4 heteroatoms. The first-order chi connectivity index (χ1) is 8.50. The van der Waals surface area contributed by atoms with Gasteiger partial charge in [-0.25, -0.2) is 0 Å². The largest absolute Gasteiger partial charge is 0.347 e. The van der Waals surface area contributed by atoms with Crippen molar-refractivity contribution in [3.8, 4) is 0 Å². The van der Waals surface area contributed by atoms with Gasteiger partial charge in [-0.15, -0.1) is 0 Å². The summed E-state index contributed by atoms with van der Waals surface area (Å²) in [7, 11) is 0. The van der Waals surface area contributed by atoms with Crippen LogP contribution in [0.25, 0.3) is 6.08 Å². The maximum Gasteiger partial charge on any atom is 0.185 e. The number of benzene rings is 1. The lowest BCUT2D eigenvalue weighted by Crippen LogP contribution is -2.29. The van der Waals surface area contributed by atoms with E-state index in [-0.39, 0.29) is 0 Å². The summed E-state index contributed by atoms with van der Waals surface area (Å²) in [6.45, 7) is 6.92. The number of hydrogen-bond acceptors (Lipinski definition) is 2. The van der Waals surface area contributed by atoms with Crippen molar-refractivity contribution < 1.29 is 9.47 Å². The van der Waals surface area contributed by atoms with E-state index in [0.29, 0.717) is 23.3 Å². The molecule has 1 aromatic rings. The van der Waals surface area contributed by atoms with Crippen LogP contribution in [0.4, 0.5) is 0 Å². The Bertz CT molecular complexity index is 410. The van der Waals surface area contributed by atoms with E-state index in [9.17, 15) is 0 Å². The predicted molar refractivity (Wildman–Crippen MR) is 77.2 cm³/mol. The second-order valence-corrected chi connectivity index (χ2v) is 4.70. The van der Waals surface area contributed by atoms with Crippen molar-refractivity contribution >= 4 is 29.3 Å². The predicted octanol–water partition coefficient (Wildman–Crippen LogP) is 4.80. The lowest BCUT2D eigenvalue weighted by atomic mass is 10.1. The molecule has 0 radical (unpaired) electrons. The zero-order chi connectivity index (χ0) is 13.6. The molecule has 0 saturated carbocycles. The van der Waals surface area contributed by atoms with Crippen LogP contribution >= 0.6 is 23.2 Å². The zero-order valence-corrected chi connectivity index (χ0v) is 12.4. The summed E-state index contributed by atoms with van der Waals surface area (Å²) in [5.41, 5.74) is 0.954. The normalized spacial score (nSPS) is 12.3. The molecule has 0 aliphatic carbocycles. The van der Waals surface area contributed by atoms with Gasteiger partial charge in [0.1, 0.15) is 0 Å². The minimum Gasteiger partial charge on any atom is -0.347 e. The Morgan fingerprint density at radius 1 is 1.11 bits per heavy atom. The van der Waals surface area contributed by atoms with Crippen molar-refractivity contribution in [1.82, 2.24) is 0 Å². The van der Waals surface area contributed by atoms with Crippen LogP contribution in [-0.2, 0) is 9.47 Å². The molecule has 0 saturated heterocycles. The van der Waals surface area contributed by atoms with E-state index in [1.807, 2.05) is 39.0 Å². The topological polar surface area (TPSA) is 18.5 Å². The number of rotatable bonds is 6. The molecule has 0 unspecified atom stereocenters. The maximum atomic E-state index is 5.96. The monoisotopic (exact) mass is 288 g/mol. The first kappa shape index (κ1) is 15.5. The summed E-state index contributed by atoms with van der Waals surface area (Å²) in [4.78, 5) is 0. The average Bonchev–Trinajstić information content (AvgIpc) is 2.32. The van der Waals surface area contributed by atoms with Gasteiger partial charge in [0.2, 0.25) is 0 Å². The van der Waals surface area contributed by atoms with Gasteiger partial charge in [-0.05, 0) is 44.5 Å². The number of hydrogen-bond donors (Lipinski definition) is 0. The molecule has 0 bridgehead atoms. The highest BCUT2D eigenvalue weighted by molar-refractivity contribution is 6.42. The molecule has 1 rings (SSSR count). The molecule has 0 aliphatic heterocycles. The first-order valence-corrected chi connectivity index (χ1v) is 6.68. The van der Waals surface area contributed by atoms with Crippen molar-refractivity contribution in [3.05, 3.63) is 39.9 Å². The molecule has 0 fully saturated rings. The molecule has 0 heterocycles. The van der Waals surface area contributed by atoms with Gasteiger partial charge in [0.15, 0.2) is 5.79 Å². The third-order valence-corrected chi connectivity index (χ3v) is 3.12. The fourth-order valence-electron chi connectivity index (χ4n) is 1.57. The van der Waals surface area contributed by atoms with Gasteiger partial charge >= 0.3 is 0 Å². The Hall–Kier alpha value is -0.540. The lowest BCUT2D eigenvalue weighted by molar-refractivity contribution is -0.185. The van der Waals surface area contributed by atoms with E-state index >= 15 is 0 Å². The van der Waals surface area contributed by atoms with Gasteiger partial charge in [-0.2, -0.15) is 0 Å². The van der Waals surface area contributed by atoms with Gasteiger partial charge in [0.25, 0.3) is 0 Å². The van der Waals surface area contributed by atoms with Crippen LogP contribution in [0.5, 0.6) is 0 Å². The minimum atomic E-state index is -0.713. The Balaban J connectivity index is 2.85. The fraction of sp³-hybridized carbons (Fsp3) is 0.429. The van der Waals surface area contributed by atoms with E-state index in [2.05, 4.69) is 0 Å². The van der Waals surface area contributed by atoms with Gasteiger partial charge in [-0.1, -0.05) is 35.3 Å². The molecule has 0 N–H and O–H groups in total. The summed E-state index contributed by atoms with van der Waals surface area (Å²) in [5.74, 6) is -0.713. The molecule has 100 valence electrons. The van der Waals surface area contributed by atoms with E-state index in [1.54, 1.807) is 12.1 Å². The standard InChI is InChI=1S/C14H18Cl2O2/c1-4-17-14(3,18-5-2)9-8-11-6-7-12(15)13(16)10-11/h6-10H,4-5H2,1-3H3. The summed E-state index contributed by atoms with van der Waals surface area (Å²) in [6.07, 6.45) is 3.78. The van der Waals surface area contributed by atoms with Crippen molar-refractivity contribution in [3.63, 3.8) is 0 Å². The molecular formula is C14H18Cl2O2. The van der Waals surface area contributed by atoms with E-state index in [1.165, 1.54) is 0 Å². The molecule has 18 heavy (non-hydrogen) atoms. The molecule has 0 spiro atoms. The van der Waals surface area contributed by atoms with Crippen LogP contribution in [0.3, 0.4) is 0 Å². The van der Waals surface area contributed by atoms with Gasteiger partial charge in [-0.3, -0.25) is 0 Å². The number of halogens is 2. The van der Waals surface area contributed by atoms with Gasteiger partial charge < -0.3 is 9.47 Å². The van der Waals surface area contributed by atoms with Crippen LogP contribution in [0, 0.1) is 0 Å². The highest BCUT2D eigenvalue weighted by atomic mass is 35.5. The molecule has 0 amide bonds. The third kappa shape index (κ3) is 4.62. The summed E-state index contributed by atoms with van der Waals surface area (Å²) < 4.78 is 11.2. The van der Waals surface area contributed by atoms with Crippen LogP contribution in [-0.4, -0.2) is 19.0 Å². The third-order valence-electron chi connectivity index (χ3n) is 2.38. The second kappa shape index (κ2) is 7.15. The van der Waals surface area contributed by atoms with Gasteiger partial charge in [0.05, 0.1) is 10.0 Å². The molecule has 0 atom stereocenters. The SMILES string of the molecule is CCOC(C)(C=Cc1ccc(Cl)c(Cl)c1)OCC. The second-order valence-electron chi connectivity index (χ2n) is 3.89. The van der Waals surface area contributed by atoms with Crippen LogP contribution in [0.15, 0.2) is 24.3 Å².